The maximum absolute atomic E-state index is 6.96. The van der Waals surface area contributed by atoms with E-state index in [1.165, 1.54) is 36.8 Å². The van der Waals surface area contributed by atoms with E-state index in [4.69, 9.17) is 6.57 Å². The summed E-state index contributed by atoms with van der Waals surface area (Å²) in [4.78, 5) is 3.45. The molecule has 0 radical (unpaired) electrons. The van der Waals surface area contributed by atoms with E-state index in [-0.39, 0.29) is 0 Å². The molecular formula is C13H13N. The van der Waals surface area contributed by atoms with Crippen molar-refractivity contribution in [1.82, 2.24) is 0 Å². The van der Waals surface area contributed by atoms with E-state index in [2.05, 4.69) is 17.0 Å². The molecule has 0 saturated heterocycles. The maximum Gasteiger partial charge on any atom is 0.187 e. The molecular weight excluding hydrogens is 170 g/mol. The predicted molar refractivity (Wildman–Crippen MR) is 59.1 cm³/mol. The molecule has 0 heterocycles. The van der Waals surface area contributed by atoms with Crippen LogP contribution in [-0.2, 0) is 0 Å². The Bertz CT molecular complexity index is 396. The molecule has 0 atom stereocenters. The summed E-state index contributed by atoms with van der Waals surface area (Å²) in [6.45, 7) is 6.96. The van der Waals surface area contributed by atoms with Gasteiger partial charge in [0.05, 0.1) is 6.57 Å². The van der Waals surface area contributed by atoms with Crippen LogP contribution in [0.25, 0.3) is 10.4 Å². The van der Waals surface area contributed by atoms with E-state index in [1.807, 2.05) is 18.2 Å². The monoisotopic (exact) mass is 183 g/mol. The Hall–Kier alpha value is -1.55. The van der Waals surface area contributed by atoms with Gasteiger partial charge >= 0.3 is 0 Å². The van der Waals surface area contributed by atoms with Crippen molar-refractivity contribution in [1.29, 1.82) is 0 Å². The van der Waals surface area contributed by atoms with Crippen LogP contribution in [0.1, 0.15) is 31.2 Å². The van der Waals surface area contributed by atoms with Crippen LogP contribution in [0, 0.1) is 6.57 Å². The highest BCUT2D eigenvalue weighted by molar-refractivity contribution is 5.69. The SMILES string of the molecule is [C-]#[N+]c1cccc(C2=CCCCC2)c1. The van der Waals surface area contributed by atoms with Gasteiger partial charge in [-0.25, -0.2) is 4.85 Å². The molecule has 1 aromatic carbocycles. The number of allylic oxidation sites excluding steroid dienone is 2. The lowest BCUT2D eigenvalue weighted by atomic mass is 9.93. The molecule has 1 aromatic rings. The molecule has 1 aliphatic carbocycles. The van der Waals surface area contributed by atoms with E-state index >= 15 is 0 Å². The third-order valence-corrected chi connectivity index (χ3v) is 2.64. The van der Waals surface area contributed by atoms with Crippen molar-refractivity contribution in [2.24, 2.45) is 0 Å². The van der Waals surface area contributed by atoms with Gasteiger partial charge in [-0.05, 0) is 42.9 Å². The van der Waals surface area contributed by atoms with Gasteiger partial charge in [-0.15, -0.1) is 0 Å². The Morgan fingerprint density at radius 1 is 1.21 bits per heavy atom. The summed E-state index contributed by atoms with van der Waals surface area (Å²) in [6.07, 6.45) is 7.27. The lowest BCUT2D eigenvalue weighted by molar-refractivity contribution is 0.742. The fourth-order valence-electron chi connectivity index (χ4n) is 1.88. The van der Waals surface area contributed by atoms with Crippen LogP contribution in [0.5, 0.6) is 0 Å². The summed E-state index contributed by atoms with van der Waals surface area (Å²) in [5.74, 6) is 0. The molecule has 0 aromatic heterocycles. The molecule has 0 amide bonds. The molecule has 0 aliphatic heterocycles. The summed E-state index contributed by atoms with van der Waals surface area (Å²) in [7, 11) is 0. The normalized spacial score (nSPS) is 15.8. The molecule has 0 saturated carbocycles. The predicted octanol–water partition coefficient (Wildman–Crippen LogP) is 4.19. The van der Waals surface area contributed by atoms with Gasteiger partial charge in [0.1, 0.15) is 0 Å². The second kappa shape index (κ2) is 4.11. The molecule has 14 heavy (non-hydrogen) atoms. The van der Waals surface area contributed by atoms with Crippen LogP contribution in [0.4, 0.5) is 5.69 Å². The first-order chi connectivity index (χ1) is 6.90. The zero-order chi connectivity index (χ0) is 9.80. The van der Waals surface area contributed by atoms with Crippen molar-refractivity contribution >= 4 is 11.3 Å². The minimum Gasteiger partial charge on any atom is -0.238 e. The lowest BCUT2D eigenvalue weighted by Crippen LogP contribution is -1.90. The summed E-state index contributed by atoms with van der Waals surface area (Å²) in [5.41, 5.74) is 3.40. The first kappa shape index (κ1) is 9.02. The Morgan fingerprint density at radius 2 is 2.14 bits per heavy atom. The van der Waals surface area contributed by atoms with E-state index < -0.39 is 0 Å². The quantitative estimate of drug-likeness (QED) is 0.575. The molecule has 0 N–H and O–H groups in total. The van der Waals surface area contributed by atoms with Gasteiger partial charge in [0.25, 0.3) is 0 Å². The molecule has 0 fully saturated rings. The Labute approximate surface area is 84.9 Å². The number of benzene rings is 1. The Kier molecular flexibility index (Phi) is 2.65. The molecule has 0 unspecified atom stereocenters. The standard InChI is InChI=1S/C13H13N/c1-14-13-9-5-8-12(10-13)11-6-3-2-4-7-11/h5-6,8-10H,2-4,7H2. The van der Waals surface area contributed by atoms with Crippen molar-refractivity contribution < 1.29 is 0 Å². The molecule has 1 heteroatoms. The van der Waals surface area contributed by atoms with Crippen molar-refractivity contribution in [3.8, 4) is 0 Å². The zero-order valence-electron chi connectivity index (χ0n) is 8.16. The average Bonchev–Trinajstić information content (AvgIpc) is 2.30. The van der Waals surface area contributed by atoms with E-state index in [1.54, 1.807) is 0 Å². The Morgan fingerprint density at radius 3 is 2.86 bits per heavy atom. The minimum atomic E-state index is 0.744. The van der Waals surface area contributed by atoms with Crippen molar-refractivity contribution in [2.75, 3.05) is 0 Å². The Balaban J connectivity index is 2.32. The van der Waals surface area contributed by atoms with E-state index in [0.717, 1.165) is 5.69 Å². The highest BCUT2D eigenvalue weighted by atomic mass is 14.6. The van der Waals surface area contributed by atoms with Gasteiger partial charge in [-0.3, -0.25) is 0 Å². The fraction of sp³-hybridized carbons (Fsp3) is 0.308. The number of rotatable bonds is 1. The summed E-state index contributed by atoms with van der Waals surface area (Å²) in [5, 5.41) is 0. The van der Waals surface area contributed by atoms with Crippen LogP contribution < -0.4 is 0 Å². The van der Waals surface area contributed by atoms with E-state index in [9.17, 15) is 0 Å². The second-order valence-corrected chi connectivity index (χ2v) is 3.64. The molecule has 1 aliphatic rings. The van der Waals surface area contributed by atoms with Gasteiger partial charge in [0.15, 0.2) is 5.69 Å². The number of hydrogen-bond acceptors (Lipinski definition) is 0. The van der Waals surface area contributed by atoms with Crippen LogP contribution in [0.15, 0.2) is 30.3 Å². The topological polar surface area (TPSA) is 4.36 Å². The first-order valence-corrected chi connectivity index (χ1v) is 5.07. The van der Waals surface area contributed by atoms with Crippen LogP contribution in [-0.4, -0.2) is 0 Å². The van der Waals surface area contributed by atoms with Gasteiger partial charge in [0, 0.05) is 0 Å². The third-order valence-electron chi connectivity index (χ3n) is 2.64. The molecule has 0 spiro atoms. The van der Waals surface area contributed by atoms with E-state index in [0.29, 0.717) is 0 Å². The average molecular weight is 183 g/mol. The van der Waals surface area contributed by atoms with Gasteiger partial charge in [0.2, 0.25) is 0 Å². The highest BCUT2D eigenvalue weighted by Gasteiger charge is 2.05. The first-order valence-electron chi connectivity index (χ1n) is 5.07. The highest BCUT2D eigenvalue weighted by Crippen LogP contribution is 2.28. The van der Waals surface area contributed by atoms with Gasteiger partial charge < -0.3 is 0 Å². The third kappa shape index (κ3) is 1.85. The van der Waals surface area contributed by atoms with Crippen LogP contribution in [0.3, 0.4) is 0 Å². The number of nitrogens with zero attached hydrogens (tertiary/aromatic N) is 1. The zero-order valence-corrected chi connectivity index (χ0v) is 8.16. The maximum atomic E-state index is 6.96. The second-order valence-electron chi connectivity index (χ2n) is 3.64. The number of hydrogen-bond donors (Lipinski definition) is 0. The molecule has 2 rings (SSSR count). The minimum absolute atomic E-state index is 0.744. The van der Waals surface area contributed by atoms with Gasteiger partial charge in [-0.2, -0.15) is 0 Å². The molecule has 0 bridgehead atoms. The van der Waals surface area contributed by atoms with Crippen molar-refractivity contribution in [2.45, 2.75) is 25.7 Å². The van der Waals surface area contributed by atoms with Crippen molar-refractivity contribution in [3.05, 3.63) is 47.3 Å². The summed E-state index contributed by atoms with van der Waals surface area (Å²) in [6, 6.07) is 7.92. The molecule has 1 nitrogen and oxygen atoms in total. The lowest BCUT2D eigenvalue weighted by Gasteiger charge is -2.12. The summed E-state index contributed by atoms with van der Waals surface area (Å²) >= 11 is 0. The fourth-order valence-corrected chi connectivity index (χ4v) is 1.88. The smallest absolute Gasteiger partial charge is 0.187 e. The van der Waals surface area contributed by atoms with Gasteiger partial charge in [-0.1, -0.05) is 24.3 Å². The summed E-state index contributed by atoms with van der Waals surface area (Å²) < 4.78 is 0. The van der Waals surface area contributed by atoms with Crippen LogP contribution >= 0.6 is 0 Å². The van der Waals surface area contributed by atoms with Crippen molar-refractivity contribution in [3.63, 3.8) is 0 Å². The van der Waals surface area contributed by atoms with Crippen LogP contribution in [0.2, 0.25) is 0 Å². The molecule has 70 valence electrons. The largest absolute Gasteiger partial charge is 0.238 e.